The van der Waals surface area contributed by atoms with Crippen molar-refractivity contribution in [1.82, 2.24) is 0 Å². The molecule has 0 fully saturated rings. The number of hydrogen-bond acceptors (Lipinski definition) is 2. The van der Waals surface area contributed by atoms with Crippen LogP contribution in [0.5, 0.6) is 5.75 Å². The van der Waals surface area contributed by atoms with Gasteiger partial charge in [0, 0.05) is 0 Å². The molecule has 2 aromatic rings. The fraction of sp³-hybridized carbons (Fsp3) is 0.0625. The summed E-state index contributed by atoms with van der Waals surface area (Å²) >= 11 is 0. The highest BCUT2D eigenvalue weighted by molar-refractivity contribution is 5.70. The van der Waals surface area contributed by atoms with E-state index in [0.717, 1.165) is 11.1 Å². The van der Waals surface area contributed by atoms with Gasteiger partial charge in [-0.05, 0) is 35.4 Å². The van der Waals surface area contributed by atoms with Crippen molar-refractivity contribution in [3.63, 3.8) is 0 Å². The van der Waals surface area contributed by atoms with Crippen LogP contribution in [-0.2, 0) is 0 Å². The van der Waals surface area contributed by atoms with Crippen molar-refractivity contribution in [2.24, 2.45) is 0 Å². The molecule has 0 N–H and O–H groups in total. The van der Waals surface area contributed by atoms with Gasteiger partial charge >= 0.3 is 6.36 Å². The first-order valence-electron chi connectivity index (χ1n) is 6.00. The molecule has 0 aliphatic rings. The summed E-state index contributed by atoms with van der Waals surface area (Å²) in [5.41, 5.74) is 2.21. The number of benzene rings is 2. The van der Waals surface area contributed by atoms with Gasteiger partial charge in [-0.1, -0.05) is 36.4 Å². The van der Waals surface area contributed by atoms with E-state index in [0.29, 0.717) is 5.56 Å². The summed E-state index contributed by atoms with van der Waals surface area (Å²) in [7, 11) is 0. The quantitative estimate of drug-likeness (QED) is 0.772. The lowest BCUT2D eigenvalue weighted by Gasteiger charge is -2.08. The maximum Gasteiger partial charge on any atom is 0.573 e. The first kappa shape index (κ1) is 14.7. The van der Waals surface area contributed by atoms with Gasteiger partial charge in [0.25, 0.3) is 0 Å². The molecule has 0 atom stereocenters. The second-order valence-corrected chi connectivity index (χ2v) is 4.18. The molecular formula is C16H10F3NO. The van der Waals surface area contributed by atoms with Crippen LogP contribution in [0.3, 0.4) is 0 Å². The minimum Gasteiger partial charge on any atom is -0.406 e. The van der Waals surface area contributed by atoms with Crippen LogP contribution in [0.1, 0.15) is 16.7 Å². The predicted octanol–water partition coefficient (Wildman–Crippen LogP) is 4.63. The summed E-state index contributed by atoms with van der Waals surface area (Å²) in [5.74, 6) is -0.252. The summed E-state index contributed by atoms with van der Waals surface area (Å²) in [6, 6.07) is 14.6. The second kappa shape index (κ2) is 6.14. The Morgan fingerprint density at radius 2 is 1.33 bits per heavy atom. The van der Waals surface area contributed by atoms with Crippen LogP contribution in [-0.4, -0.2) is 6.36 Å². The number of nitriles is 1. The zero-order chi connectivity index (χ0) is 15.3. The van der Waals surface area contributed by atoms with Crippen molar-refractivity contribution >= 4 is 12.2 Å². The van der Waals surface area contributed by atoms with E-state index >= 15 is 0 Å². The van der Waals surface area contributed by atoms with Crippen LogP contribution in [0.15, 0.2) is 48.5 Å². The molecule has 0 saturated heterocycles. The van der Waals surface area contributed by atoms with Crippen LogP contribution < -0.4 is 4.74 Å². The van der Waals surface area contributed by atoms with Crippen LogP contribution >= 0.6 is 0 Å². The molecule has 0 aliphatic heterocycles. The summed E-state index contributed by atoms with van der Waals surface area (Å²) in [5, 5.41) is 8.68. The van der Waals surface area contributed by atoms with Gasteiger partial charge in [-0.3, -0.25) is 0 Å². The molecule has 0 spiro atoms. The third kappa shape index (κ3) is 4.69. The lowest BCUT2D eigenvalue weighted by atomic mass is 10.1. The third-order valence-electron chi connectivity index (χ3n) is 2.62. The Labute approximate surface area is 119 Å². The molecule has 0 unspecified atom stereocenters. The Hall–Kier alpha value is -2.74. The molecule has 0 saturated carbocycles. The molecule has 0 aliphatic carbocycles. The number of ether oxygens (including phenoxy) is 1. The van der Waals surface area contributed by atoms with Crippen molar-refractivity contribution in [3.05, 3.63) is 65.2 Å². The zero-order valence-electron chi connectivity index (χ0n) is 10.8. The highest BCUT2D eigenvalue weighted by Gasteiger charge is 2.30. The standard InChI is InChI=1S/C16H10F3NO/c17-16(18,19)21-15-9-7-13(8-10-15)2-1-12-3-5-14(11-20)6-4-12/h1-10H. The van der Waals surface area contributed by atoms with Gasteiger partial charge in [0.15, 0.2) is 0 Å². The first-order chi connectivity index (χ1) is 9.96. The average molecular weight is 289 g/mol. The average Bonchev–Trinajstić information content (AvgIpc) is 2.45. The highest BCUT2D eigenvalue weighted by atomic mass is 19.4. The van der Waals surface area contributed by atoms with Gasteiger partial charge in [-0.25, -0.2) is 0 Å². The number of rotatable bonds is 3. The number of halogens is 3. The smallest absolute Gasteiger partial charge is 0.406 e. The minimum absolute atomic E-state index is 0.252. The van der Waals surface area contributed by atoms with Crippen molar-refractivity contribution in [2.75, 3.05) is 0 Å². The van der Waals surface area contributed by atoms with E-state index in [1.165, 1.54) is 24.3 Å². The molecule has 0 aromatic heterocycles. The molecular weight excluding hydrogens is 279 g/mol. The molecule has 21 heavy (non-hydrogen) atoms. The van der Waals surface area contributed by atoms with Gasteiger partial charge in [0.2, 0.25) is 0 Å². The van der Waals surface area contributed by atoms with Gasteiger partial charge in [-0.15, -0.1) is 13.2 Å². The van der Waals surface area contributed by atoms with Crippen molar-refractivity contribution < 1.29 is 17.9 Å². The van der Waals surface area contributed by atoms with Crippen molar-refractivity contribution in [2.45, 2.75) is 6.36 Å². The van der Waals surface area contributed by atoms with Crippen LogP contribution in [0, 0.1) is 11.3 Å². The van der Waals surface area contributed by atoms with Gasteiger partial charge in [0.1, 0.15) is 5.75 Å². The van der Waals surface area contributed by atoms with E-state index in [1.54, 1.807) is 36.4 Å². The summed E-state index contributed by atoms with van der Waals surface area (Å²) in [6.07, 6.45) is -1.11. The maximum absolute atomic E-state index is 12.0. The van der Waals surface area contributed by atoms with Gasteiger partial charge in [-0.2, -0.15) is 5.26 Å². The van der Waals surface area contributed by atoms with E-state index in [4.69, 9.17) is 5.26 Å². The zero-order valence-corrected chi connectivity index (χ0v) is 10.8. The molecule has 2 nitrogen and oxygen atoms in total. The Morgan fingerprint density at radius 1 is 0.857 bits per heavy atom. The molecule has 2 rings (SSSR count). The molecule has 0 heterocycles. The Bertz CT molecular complexity index is 665. The maximum atomic E-state index is 12.0. The monoisotopic (exact) mass is 289 g/mol. The fourth-order valence-corrected chi connectivity index (χ4v) is 1.64. The summed E-state index contributed by atoms with van der Waals surface area (Å²) < 4.78 is 39.8. The second-order valence-electron chi connectivity index (χ2n) is 4.18. The Balaban J connectivity index is 2.05. The normalized spacial score (nSPS) is 11.3. The van der Waals surface area contributed by atoms with Crippen molar-refractivity contribution in [3.8, 4) is 11.8 Å². The molecule has 0 amide bonds. The SMILES string of the molecule is N#Cc1ccc(C=Cc2ccc(OC(F)(F)F)cc2)cc1. The van der Waals surface area contributed by atoms with E-state index in [2.05, 4.69) is 4.74 Å². The minimum atomic E-state index is -4.68. The van der Waals surface area contributed by atoms with Crippen molar-refractivity contribution in [1.29, 1.82) is 5.26 Å². The predicted molar refractivity (Wildman–Crippen MR) is 73.2 cm³/mol. The van der Waals surface area contributed by atoms with Crippen LogP contribution in [0.2, 0.25) is 0 Å². The van der Waals surface area contributed by atoms with E-state index in [1.807, 2.05) is 6.07 Å². The summed E-state index contributed by atoms with van der Waals surface area (Å²) in [4.78, 5) is 0. The first-order valence-corrected chi connectivity index (χ1v) is 6.00. The largest absolute Gasteiger partial charge is 0.573 e. The third-order valence-corrected chi connectivity index (χ3v) is 2.62. The highest BCUT2D eigenvalue weighted by Crippen LogP contribution is 2.23. The van der Waals surface area contributed by atoms with Gasteiger partial charge < -0.3 is 4.74 Å². The summed E-state index contributed by atoms with van der Waals surface area (Å²) in [6.45, 7) is 0. The number of nitrogens with zero attached hydrogens (tertiary/aromatic N) is 1. The molecule has 106 valence electrons. The Kier molecular flexibility index (Phi) is 4.29. The number of hydrogen-bond donors (Lipinski definition) is 0. The molecule has 2 aromatic carbocycles. The van der Waals surface area contributed by atoms with E-state index in [9.17, 15) is 13.2 Å². The molecule has 0 bridgehead atoms. The lowest BCUT2D eigenvalue weighted by Crippen LogP contribution is -2.16. The van der Waals surface area contributed by atoms with E-state index in [-0.39, 0.29) is 5.75 Å². The topological polar surface area (TPSA) is 33.0 Å². The lowest BCUT2D eigenvalue weighted by molar-refractivity contribution is -0.274. The number of alkyl halides is 3. The molecule has 0 radical (unpaired) electrons. The van der Waals surface area contributed by atoms with E-state index < -0.39 is 6.36 Å². The van der Waals surface area contributed by atoms with Gasteiger partial charge in [0.05, 0.1) is 11.6 Å². The Morgan fingerprint density at radius 3 is 1.76 bits per heavy atom. The fourth-order valence-electron chi connectivity index (χ4n) is 1.64. The van der Waals surface area contributed by atoms with Crippen LogP contribution in [0.4, 0.5) is 13.2 Å². The molecule has 5 heteroatoms. The van der Waals surface area contributed by atoms with Crippen LogP contribution in [0.25, 0.3) is 12.2 Å².